The van der Waals surface area contributed by atoms with E-state index < -0.39 is 0 Å². The zero-order chi connectivity index (χ0) is 17.9. The third-order valence-corrected chi connectivity index (χ3v) is 6.11. The van der Waals surface area contributed by atoms with Crippen molar-refractivity contribution in [1.29, 1.82) is 0 Å². The van der Waals surface area contributed by atoms with Crippen LogP contribution >= 0.6 is 22.7 Å². The Morgan fingerprint density at radius 3 is 2.88 bits per heavy atom. The van der Waals surface area contributed by atoms with Crippen LogP contribution in [-0.2, 0) is 26.1 Å². The highest BCUT2D eigenvalue weighted by molar-refractivity contribution is 7.16. The predicted molar refractivity (Wildman–Crippen MR) is 104 cm³/mol. The van der Waals surface area contributed by atoms with Crippen LogP contribution < -0.4 is 11.1 Å². The van der Waals surface area contributed by atoms with Crippen molar-refractivity contribution in [3.63, 3.8) is 0 Å². The van der Waals surface area contributed by atoms with Crippen LogP contribution in [0.1, 0.15) is 31.6 Å². The standard InChI is InChI=1S/C18H19N5OS2/c19-8-16-20-14(11-25-16)17(24)22-18-21-13-6-7-23(10-15(13)26-18)9-12-4-2-1-3-5-12/h1-5,11H,6-10,19H2,(H,21,22,24). The van der Waals surface area contributed by atoms with Gasteiger partial charge in [0.05, 0.1) is 5.69 Å². The number of nitrogens with two attached hydrogens (primary N) is 1. The molecular weight excluding hydrogens is 366 g/mol. The molecule has 26 heavy (non-hydrogen) atoms. The zero-order valence-corrected chi connectivity index (χ0v) is 15.8. The van der Waals surface area contributed by atoms with Crippen LogP contribution in [0.25, 0.3) is 0 Å². The lowest BCUT2D eigenvalue weighted by Gasteiger charge is -2.25. The van der Waals surface area contributed by atoms with Crippen LogP contribution in [0.5, 0.6) is 0 Å². The first-order valence-corrected chi connectivity index (χ1v) is 10.1. The molecule has 2 aromatic heterocycles. The van der Waals surface area contributed by atoms with Crippen molar-refractivity contribution < 1.29 is 4.79 Å². The van der Waals surface area contributed by atoms with E-state index in [0.29, 0.717) is 17.4 Å². The van der Waals surface area contributed by atoms with E-state index in [1.54, 1.807) is 16.7 Å². The fourth-order valence-electron chi connectivity index (χ4n) is 2.95. The van der Waals surface area contributed by atoms with Crippen LogP contribution in [-0.4, -0.2) is 27.3 Å². The fraction of sp³-hybridized carbons (Fsp3) is 0.278. The van der Waals surface area contributed by atoms with Crippen molar-refractivity contribution in [3.05, 3.63) is 62.5 Å². The molecule has 3 aromatic rings. The summed E-state index contributed by atoms with van der Waals surface area (Å²) in [5, 5.41) is 6.00. The molecule has 3 heterocycles. The van der Waals surface area contributed by atoms with Crippen LogP contribution in [0.15, 0.2) is 35.7 Å². The summed E-state index contributed by atoms with van der Waals surface area (Å²) < 4.78 is 0. The number of thiazole rings is 2. The fourth-order valence-corrected chi connectivity index (χ4v) is 4.65. The van der Waals surface area contributed by atoms with Gasteiger partial charge in [-0.05, 0) is 5.56 Å². The first-order chi connectivity index (χ1) is 12.7. The third-order valence-electron chi connectivity index (χ3n) is 4.24. The van der Waals surface area contributed by atoms with Gasteiger partial charge in [0.2, 0.25) is 0 Å². The Kier molecular flexibility index (Phi) is 5.07. The second-order valence-electron chi connectivity index (χ2n) is 6.12. The Morgan fingerprint density at radius 2 is 2.12 bits per heavy atom. The Balaban J connectivity index is 1.41. The van der Waals surface area contributed by atoms with Gasteiger partial charge in [0, 0.05) is 42.9 Å². The number of nitrogens with zero attached hydrogens (tertiary/aromatic N) is 3. The van der Waals surface area contributed by atoms with Crippen LogP contribution in [0.4, 0.5) is 5.13 Å². The summed E-state index contributed by atoms with van der Waals surface area (Å²) in [6.45, 7) is 3.12. The van der Waals surface area contributed by atoms with Gasteiger partial charge in [-0.2, -0.15) is 0 Å². The molecule has 0 saturated carbocycles. The van der Waals surface area contributed by atoms with E-state index in [1.165, 1.54) is 21.8 Å². The largest absolute Gasteiger partial charge is 0.325 e. The monoisotopic (exact) mass is 385 g/mol. The minimum absolute atomic E-state index is 0.229. The molecule has 0 aliphatic carbocycles. The molecule has 4 rings (SSSR count). The molecular formula is C18H19N5OS2. The summed E-state index contributed by atoms with van der Waals surface area (Å²) in [4.78, 5) is 24.8. The number of carbonyl (C=O) groups is 1. The quantitative estimate of drug-likeness (QED) is 0.705. The molecule has 134 valence electrons. The van der Waals surface area contributed by atoms with Gasteiger partial charge in [-0.15, -0.1) is 22.7 Å². The summed E-state index contributed by atoms with van der Waals surface area (Å²) in [5.41, 5.74) is 8.36. The van der Waals surface area contributed by atoms with Crippen LogP contribution in [0.3, 0.4) is 0 Å². The summed E-state index contributed by atoms with van der Waals surface area (Å²) in [6.07, 6.45) is 0.905. The molecule has 8 heteroatoms. The second-order valence-corrected chi connectivity index (χ2v) is 8.15. The molecule has 0 fully saturated rings. The van der Waals surface area contributed by atoms with Gasteiger partial charge in [0.25, 0.3) is 5.91 Å². The topological polar surface area (TPSA) is 84.1 Å². The number of rotatable bonds is 5. The Hall–Kier alpha value is -2.13. The number of carbonyl (C=O) groups excluding carboxylic acids is 1. The molecule has 0 spiro atoms. The lowest BCUT2D eigenvalue weighted by Crippen LogP contribution is -2.29. The van der Waals surface area contributed by atoms with Crippen LogP contribution in [0.2, 0.25) is 0 Å². The normalized spacial score (nSPS) is 14.2. The van der Waals surface area contributed by atoms with Gasteiger partial charge >= 0.3 is 0 Å². The molecule has 0 atom stereocenters. The average Bonchev–Trinajstić information content (AvgIpc) is 3.28. The van der Waals surface area contributed by atoms with E-state index in [9.17, 15) is 4.79 Å². The van der Waals surface area contributed by atoms with E-state index in [-0.39, 0.29) is 5.91 Å². The van der Waals surface area contributed by atoms with Crippen molar-refractivity contribution >= 4 is 33.7 Å². The lowest BCUT2D eigenvalue weighted by atomic mass is 10.1. The van der Waals surface area contributed by atoms with E-state index in [2.05, 4.69) is 44.5 Å². The van der Waals surface area contributed by atoms with Crippen molar-refractivity contribution in [3.8, 4) is 0 Å². The Bertz CT molecular complexity index is 905. The molecule has 1 aliphatic rings. The first-order valence-electron chi connectivity index (χ1n) is 8.42. The summed E-state index contributed by atoms with van der Waals surface area (Å²) in [5.74, 6) is -0.229. The molecule has 0 saturated heterocycles. The molecule has 1 aliphatic heterocycles. The number of anilines is 1. The highest BCUT2D eigenvalue weighted by atomic mass is 32.1. The summed E-state index contributed by atoms with van der Waals surface area (Å²) in [7, 11) is 0. The maximum Gasteiger partial charge on any atom is 0.276 e. The zero-order valence-electron chi connectivity index (χ0n) is 14.1. The minimum atomic E-state index is -0.229. The smallest absolute Gasteiger partial charge is 0.276 e. The molecule has 0 bridgehead atoms. The van der Waals surface area contributed by atoms with Gasteiger partial charge in [0.15, 0.2) is 5.13 Å². The first kappa shape index (κ1) is 17.3. The predicted octanol–water partition coefficient (Wildman–Crippen LogP) is 2.87. The second kappa shape index (κ2) is 7.63. The minimum Gasteiger partial charge on any atom is -0.325 e. The molecule has 1 aromatic carbocycles. The number of hydrogen-bond acceptors (Lipinski definition) is 7. The van der Waals surface area contributed by atoms with E-state index >= 15 is 0 Å². The van der Waals surface area contributed by atoms with Gasteiger partial charge in [-0.3, -0.25) is 15.0 Å². The molecule has 1 amide bonds. The Labute approximate surface area is 159 Å². The highest BCUT2D eigenvalue weighted by Gasteiger charge is 2.22. The van der Waals surface area contributed by atoms with Gasteiger partial charge in [-0.1, -0.05) is 30.3 Å². The lowest BCUT2D eigenvalue weighted by molar-refractivity contribution is 0.102. The van der Waals surface area contributed by atoms with Gasteiger partial charge < -0.3 is 5.73 Å². The van der Waals surface area contributed by atoms with E-state index in [4.69, 9.17) is 5.73 Å². The summed E-state index contributed by atoms with van der Waals surface area (Å²) in [6, 6.07) is 10.5. The van der Waals surface area contributed by atoms with Crippen molar-refractivity contribution in [2.45, 2.75) is 26.1 Å². The van der Waals surface area contributed by atoms with E-state index in [1.807, 2.05) is 6.07 Å². The van der Waals surface area contributed by atoms with Crippen molar-refractivity contribution in [2.75, 3.05) is 11.9 Å². The number of benzene rings is 1. The van der Waals surface area contributed by atoms with Crippen molar-refractivity contribution in [1.82, 2.24) is 14.9 Å². The van der Waals surface area contributed by atoms with E-state index in [0.717, 1.165) is 36.8 Å². The maximum absolute atomic E-state index is 12.3. The molecule has 6 nitrogen and oxygen atoms in total. The molecule has 0 radical (unpaired) electrons. The average molecular weight is 386 g/mol. The number of aromatic nitrogens is 2. The molecule has 3 N–H and O–H groups in total. The van der Waals surface area contributed by atoms with Gasteiger partial charge in [-0.25, -0.2) is 9.97 Å². The number of hydrogen-bond donors (Lipinski definition) is 2. The number of amides is 1. The summed E-state index contributed by atoms with van der Waals surface area (Å²) >= 11 is 2.95. The number of nitrogens with one attached hydrogen (secondary N) is 1. The molecule has 0 unspecified atom stereocenters. The van der Waals surface area contributed by atoms with Crippen molar-refractivity contribution in [2.24, 2.45) is 5.73 Å². The maximum atomic E-state index is 12.3. The van der Waals surface area contributed by atoms with Gasteiger partial charge in [0.1, 0.15) is 10.7 Å². The van der Waals surface area contributed by atoms with Crippen LogP contribution in [0, 0.1) is 0 Å². The highest BCUT2D eigenvalue weighted by Crippen LogP contribution is 2.29. The Morgan fingerprint density at radius 1 is 1.27 bits per heavy atom. The SMILES string of the molecule is NCc1nc(C(=O)Nc2nc3c(s2)CN(Cc2ccccc2)CC3)cs1. The third kappa shape index (κ3) is 3.83. The number of fused-ring (bicyclic) bond motifs is 1.